The number of nitrogens with one attached hydrogen (secondary N) is 1. The molecule has 0 aliphatic rings. The van der Waals surface area contributed by atoms with Crippen LogP contribution in [-0.4, -0.2) is 22.6 Å². The second kappa shape index (κ2) is 7.09. The second-order valence-corrected chi connectivity index (χ2v) is 4.81. The quantitative estimate of drug-likeness (QED) is 0.836. The van der Waals surface area contributed by atoms with Crippen LogP contribution in [0.5, 0.6) is 0 Å². The van der Waals surface area contributed by atoms with Crippen molar-refractivity contribution in [3.8, 4) is 11.8 Å². The van der Waals surface area contributed by atoms with Gasteiger partial charge in [-0.15, -0.1) is 0 Å². The van der Waals surface area contributed by atoms with Gasteiger partial charge >= 0.3 is 0 Å². The molecule has 1 aromatic heterocycles. The summed E-state index contributed by atoms with van der Waals surface area (Å²) >= 11 is 11.8. The van der Waals surface area contributed by atoms with Crippen LogP contribution in [0.2, 0.25) is 10.0 Å². The Morgan fingerprint density at radius 3 is 2.81 bits per heavy atom. The van der Waals surface area contributed by atoms with Crippen LogP contribution in [0, 0.1) is 11.8 Å². The second-order valence-electron chi connectivity index (χ2n) is 3.97. The number of hydrogen-bond donors (Lipinski definition) is 2. The van der Waals surface area contributed by atoms with E-state index in [0.717, 1.165) is 0 Å². The maximum atomic E-state index is 12.1. The number of benzene rings is 1. The minimum atomic E-state index is -0.392. The highest BCUT2D eigenvalue weighted by molar-refractivity contribution is 6.37. The number of nitrogens with zero attached hydrogens (tertiary/aromatic N) is 1. The van der Waals surface area contributed by atoms with Crippen molar-refractivity contribution in [2.24, 2.45) is 0 Å². The number of aliphatic hydroxyl groups is 1. The average molecular weight is 321 g/mol. The summed E-state index contributed by atoms with van der Waals surface area (Å²) in [6.07, 6.45) is 1.51. The summed E-state index contributed by atoms with van der Waals surface area (Å²) in [6.45, 7) is -0.232. The van der Waals surface area contributed by atoms with Crippen LogP contribution in [0.1, 0.15) is 15.9 Å². The molecule has 0 atom stereocenters. The van der Waals surface area contributed by atoms with Gasteiger partial charge in [0.05, 0.1) is 10.6 Å². The smallest absolute Gasteiger partial charge is 0.258 e. The summed E-state index contributed by atoms with van der Waals surface area (Å²) in [5.74, 6) is 5.20. The molecule has 2 aromatic rings. The molecule has 106 valence electrons. The van der Waals surface area contributed by atoms with Gasteiger partial charge in [-0.2, -0.15) is 0 Å². The minimum Gasteiger partial charge on any atom is -0.384 e. The third-order valence-corrected chi connectivity index (χ3v) is 3.04. The number of rotatable bonds is 2. The normalized spacial score (nSPS) is 9.67. The van der Waals surface area contributed by atoms with Crippen molar-refractivity contribution in [1.29, 1.82) is 0 Å². The van der Waals surface area contributed by atoms with Crippen molar-refractivity contribution in [3.05, 3.63) is 57.7 Å². The van der Waals surface area contributed by atoms with E-state index < -0.39 is 5.91 Å². The van der Waals surface area contributed by atoms with Crippen LogP contribution >= 0.6 is 23.2 Å². The molecule has 0 radical (unpaired) electrons. The number of anilines is 1. The standard InChI is InChI=1S/C15H10Cl2N2O2/c16-11-3-4-12(13(17)9-11)15(21)19-14-8-10(2-1-7-20)5-6-18-14/h3-6,8-9,20H,7H2,(H,18,19,21). The zero-order chi connectivity index (χ0) is 15.2. The summed E-state index contributed by atoms with van der Waals surface area (Å²) in [7, 11) is 0. The Morgan fingerprint density at radius 2 is 2.10 bits per heavy atom. The lowest BCUT2D eigenvalue weighted by molar-refractivity contribution is 0.102. The Labute approximate surface area is 131 Å². The number of amides is 1. The van der Waals surface area contributed by atoms with E-state index in [9.17, 15) is 4.79 Å². The fraction of sp³-hybridized carbons (Fsp3) is 0.0667. The first-order valence-corrected chi connectivity index (χ1v) is 6.68. The summed E-state index contributed by atoms with van der Waals surface area (Å²) in [5.41, 5.74) is 0.936. The average Bonchev–Trinajstić information content (AvgIpc) is 2.45. The molecule has 4 nitrogen and oxygen atoms in total. The molecule has 21 heavy (non-hydrogen) atoms. The summed E-state index contributed by atoms with van der Waals surface area (Å²) in [4.78, 5) is 16.1. The summed E-state index contributed by atoms with van der Waals surface area (Å²) in [5, 5.41) is 12.0. The predicted octanol–water partition coefficient (Wildman–Crippen LogP) is 2.98. The maximum absolute atomic E-state index is 12.1. The molecule has 1 aromatic carbocycles. The van der Waals surface area contributed by atoms with Crippen molar-refractivity contribution in [2.75, 3.05) is 11.9 Å². The Morgan fingerprint density at radius 1 is 1.29 bits per heavy atom. The third kappa shape index (κ3) is 4.20. The van der Waals surface area contributed by atoms with E-state index in [1.54, 1.807) is 18.2 Å². The van der Waals surface area contributed by atoms with E-state index in [4.69, 9.17) is 28.3 Å². The zero-order valence-electron chi connectivity index (χ0n) is 10.7. The third-order valence-electron chi connectivity index (χ3n) is 2.49. The van der Waals surface area contributed by atoms with E-state index in [2.05, 4.69) is 22.1 Å². The van der Waals surface area contributed by atoms with Gasteiger partial charge in [-0.05, 0) is 30.3 Å². The number of aliphatic hydroxyl groups excluding tert-OH is 1. The van der Waals surface area contributed by atoms with Gasteiger partial charge in [0, 0.05) is 16.8 Å². The molecular formula is C15H10Cl2N2O2. The molecule has 0 fully saturated rings. The first-order chi connectivity index (χ1) is 10.1. The van der Waals surface area contributed by atoms with Gasteiger partial charge in [0.2, 0.25) is 0 Å². The van der Waals surface area contributed by atoms with Crippen LogP contribution in [0.15, 0.2) is 36.5 Å². The van der Waals surface area contributed by atoms with Gasteiger partial charge in [0.15, 0.2) is 0 Å². The van der Waals surface area contributed by atoms with E-state index in [1.165, 1.54) is 18.3 Å². The lowest BCUT2D eigenvalue weighted by atomic mass is 10.2. The number of pyridine rings is 1. The molecule has 0 saturated carbocycles. The van der Waals surface area contributed by atoms with E-state index in [0.29, 0.717) is 22.0 Å². The SMILES string of the molecule is O=C(Nc1cc(C#CCO)ccn1)c1ccc(Cl)cc1Cl. The molecule has 1 amide bonds. The first-order valence-electron chi connectivity index (χ1n) is 5.92. The molecule has 1 heterocycles. The lowest BCUT2D eigenvalue weighted by Crippen LogP contribution is -2.13. The van der Waals surface area contributed by atoms with E-state index in [-0.39, 0.29) is 11.6 Å². The minimum absolute atomic E-state index is 0.232. The lowest BCUT2D eigenvalue weighted by Gasteiger charge is -2.06. The van der Waals surface area contributed by atoms with Crippen LogP contribution in [0.4, 0.5) is 5.82 Å². The molecule has 0 saturated heterocycles. The Kier molecular flexibility index (Phi) is 5.18. The molecular weight excluding hydrogens is 311 g/mol. The Hall–Kier alpha value is -2.06. The van der Waals surface area contributed by atoms with Crippen molar-refractivity contribution in [3.63, 3.8) is 0 Å². The fourth-order valence-corrected chi connectivity index (χ4v) is 2.07. The molecule has 0 bridgehead atoms. The monoisotopic (exact) mass is 320 g/mol. The fourth-order valence-electron chi connectivity index (χ4n) is 1.58. The van der Waals surface area contributed by atoms with Crippen LogP contribution < -0.4 is 5.32 Å². The number of carbonyl (C=O) groups is 1. The van der Waals surface area contributed by atoms with Gasteiger partial charge in [0.25, 0.3) is 5.91 Å². The number of aromatic nitrogens is 1. The zero-order valence-corrected chi connectivity index (χ0v) is 12.2. The molecule has 6 heteroatoms. The highest BCUT2D eigenvalue weighted by Gasteiger charge is 2.11. The number of halogens is 2. The highest BCUT2D eigenvalue weighted by Crippen LogP contribution is 2.21. The van der Waals surface area contributed by atoms with Gasteiger partial charge in [-0.1, -0.05) is 35.0 Å². The van der Waals surface area contributed by atoms with E-state index >= 15 is 0 Å². The van der Waals surface area contributed by atoms with Gasteiger partial charge < -0.3 is 10.4 Å². The van der Waals surface area contributed by atoms with Gasteiger partial charge in [-0.25, -0.2) is 4.98 Å². The van der Waals surface area contributed by atoms with Gasteiger partial charge in [-0.3, -0.25) is 4.79 Å². The Balaban J connectivity index is 2.19. The molecule has 0 aliphatic heterocycles. The predicted molar refractivity (Wildman–Crippen MR) is 82.6 cm³/mol. The molecule has 0 spiro atoms. The largest absolute Gasteiger partial charge is 0.384 e. The van der Waals surface area contributed by atoms with Crippen molar-refractivity contribution >= 4 is 34.9 Å². The molecule has 2 N–H and O–H groups in total. The summed E-state index contributed by atoms with van der Waals surface area (Å²) < 4.78 is 0. The van der Waals surface area contributed by atoms with Gasteiger partial charge in [0.1, 0.15) is 12.4 Å². The molecule has 0 unspecified atom stereocenters. The first kappa shape index (κ1) is 15.3. The Bertz CT molecular complexity index is 736. The summed E-state index contributed by atoms with van der Waals surface area (Å²) in [6, 6.07) is 7.89. The van der Waals surface area contributed by atoms with Crippen LogP contribution in [0.3, 0.4) is 0 Å². The maximum Gasteiger partial charge on any atom is 0.258 e. The van der Waals surface area contributed by atoms with Crippen molar-refractivity contribution in [2.45, 2.75) is 0 Å². The number of hydrogen-bond acceptors (Lipinski definition) is 3. The van der Waals surface area contributed by atoms with Crippen LogP contribution in [0.25, 0.3) is 0 Å². The molecule has 0 aliphatic carbocycles. The van der Waals surface area contributed by atoms with Crippen LogP contribution in [-0.2, 0) is 0 Å². The van der Waals surface area contributed by atoms with E-state index in [1.807, 2.05) is 0 Å². The topological polar surface area (TPSA) is 62.2 Å². The molecule has 2 rings (SSSR count). The van der Waals surface area contributed by atoms with Crippen molar-refractivity contribution in [1.82, 2.24) is 4.98 Å². The van der Waals surface area contributed by atoms with Crippen molar-refractivity contribution < 1.29 is 9.90 Å². The number of carbonyl (C=O) groups excluding carboxylic acids is 1. The highest BCUT2D eigenvalue weighted by atomic mass is 35.5.